The minimum Gasteiger partial charge on any atom is -0.493 e. The summed E-state index contributed by atoms with van der Waals surface area (Å²) in [5.41, 5.74) is -0.184. The summed E-state index contributed by atoms with van der Waals surface area (Å²) in [4.78, 5) is 24.5. The summed E-state index contributed by atoms with van der Waals surface area (Å²) < 4.78 is 50.0. The van der Waals surface area contributed by atoms with Crippen molar-refractivity contribution in [1.29, 1.82) is 0 Å². The van der Waals surface area contributed by atoms with E-state index in [1.54, 1.807) is 26.4 Å². The van der Waals surface area contributed by atoms with Gasteiger partial charge in [-0.15, -0.1) is 0 Å². The number of carbonyl (C=O) groups excluding carboxylic acids is 2. The zero-order valence-corrected chi connectivity index (χ0v) is 19.3. The van der Waals surface area contributed by atoms with Crippen LogP contribution >= 0.6 is 0 Å². The van der Waals surface area contributed by atoms with Crippen molar-refractivity contribution in [1.82, 2.24) is 10.6 Å². The van der Waals surface area contributed by atoms with Crippen LogP contribution in [0.15, 0.2) is 42.5 Å². The first-order valence-corrected chi connectivity index (χ1v) is 11.1. The molecule has 0 aromatic heterocycles. The molecule has 0 bridgehead atoms. The third-order valence-electron chi connectivity index (χ3n) is 6.10. The molecule has 0 saturated carbocycles. The van der Waals surface area contributed by atoms with Crippen LogP contribution in [0, 0.1) is 0 Å². The summed E-state index contributed by atoms with van der Waals surface area (Å²) in [6.45, 7) is 0.0982. The van der Waals surface area contributed by atoms with Crippen molar-refractivity contribution >= 4 is 11.8 Å². The minimum atomic E-state index is -4.43. The van der Waals surface area contributed by atoms with Crippen LogP contribution < -0.4 is 20.1 Å². The first-order valence-electron chi connectivity index (χ1n) is 11.1. The number of alkyl halides is 3. The van der Waals surface area contributed by atoms with Crippen LogP contribution in [0.1, 0.15) is 42.4 Å². The Morgan fingerprint density at radius 2 is 1.85 bits per heavy atom. The van der Waals surface area contributed by atoms with E-state index < -0.39 is 17.3 Å². The molecule has 1 heterocycles. The van der Waals surface area contributed by atoms with E-state index in [0.717, 1.165) is 11.6 Å². The molecule has 2 aromatic carbocycles. The quantitative estimate of drug-likeness (QED) is 0.540. The van der Waals surface area contributed by atoms with Gasteiger partial charge in [0, 0.05) is 24.9 Å². The smallest absolute Gasteiger partial charge is 0.416 e. The number of hydrogen-bond donors (Lipinski definition) is 2. The number of carbonyl (C=O) groups is 2. The molecule has 9 heteroatoms. The Morgan fingerprint density at radius 3 is 2.50 bits per heavy atom. The zero-order chi connectivity index (χ0) is 24.8. The lowest BCUT2D eigenvalue weighted by atomic mass is 9.85. The highest BCUT2D eigenvalue weighted by molar-refractivity contribution is 5.80. The van der Waals surface area contributed by atoms with Gasteiger partial charge in [-0.2, -0.15) is 13.2 Å². The van der Waals surface area contributed by atoms with Gasteiger partial charge in [0.25, 0.3) is 0 Å². The van der Waals surface area contributed by atoms with Crippen LogP contribution in [0.25, 0.3) is 0 Å². The molecule has 1 aliphatic rings. The predicted molar refractivity (Wildman–Crippen MR) is 121 cm³/mol. The highest BCUT2D eigenvalue weighted by atomic mass is 19.4. The Morgan fingerprint density at radius 1 is 1.12 bits per heavy atom. The van der Waals surface area contributed by atoms with Gasteiger partial charge in [-0.25, -0.2) is 0 Å². The maximum absolute atomic E-state index is 13.1. The van der Waals surface area contributed by atoms with Crippen LogP contribution in [0.2, 0.25) is 0 Å². The van der Waals surface area contributed by atoms with Gasteiger partial charge in [-0.3, -0.25) is 9.59 Å². The van der Waals surface area contributed by atoms with Gasteiger partial charge in [0.2, 0.25) is 11.8 Å². The Hall–Kier alpha value is -3.23. The molecule has 184 valence electrons. The standard InChI is InChI=1S/C25H29F3N2O4/c1-33-20-8-7-17(15-21(20)34-2)16-24(13-10-23(32)30-24)12-9-22(31)29-14-11-18-5-3-4-6-19(18)25(26,27)28/h3-8,15H,9-14,16H2,1-2H3,(H,29,31)(H,30,32). The van der Waals surface area contributed by atoms with E-state index in [-0.39, 0.29) is 36.8 Å². The van der Waals surface area contributed by atoms with E-state index in [0.29, 0.717) is 37.2 Å². The highest BCUT2D eigenvalue weighted by Crippen LogP contribution is 2.34. The van der Waals surface area contributed by atoms with Crippen molar-refractivity contribution in [3.05, 3.63) is 59.2 Å². The second kappa shape index (κ2) is 10.8. The van der Waals surface area contributed by atoms with E-state index in [2.05, 4.69) is 10.6 Å². The van der Waals surface area contributed by atoms with Gasteiger partial charge < -0.3 is 20.1 Å². The van der Waals surface area contributed by atoms with Gasteiger partial charge in [-0.05, 0) is 55.0 Å². The Balaban J connectivity index is 1.58. The Kier molecular flexibility index (Phi) is 8.06. The molecule has 1 atom stereocenters. The lowest BCUT2D eigenvalue weighted by Crippen LogP contribution is -2.44. The second-order valence-corrected chi connectivity index (χ2v) is 8.45. The van der Waals surface area contributed by atoms with E-state index in [4.69, 9.17) is 9.47 Å². The summed E-state index contributed by atoms with van der Waals surface area (Å²) in [6.07, 6.45) is -2.31. The molecule has 6 nitrogen and oxygen atoms in total. The molecule has 1 unspecified atom stereocenters. The first kappa shape index (κ1) is 25.4. The summed E-state index contributed by atoms with van der Waals surface area (Å²) in [5, 5.41) is 5.73. The number of halogens is 3. The lowest BCUT2D eigenvalue weighted by Gasteiger charge is -2.29. The number of rotatable bonds is 10. The normalized spacial score (nSPS) is 17.9. The van der Waals surface area contributed by atoms with Crippen LogP contribution in [0.3, 0.4) is 0 Å². The molecule has 1 fully saturated rings. The average Bonchev–Trinajstić information content (AvgIpc) is 3.17. The van der Waals surface area contributed by atoms with Gasteiger partial charge >= 0.3 is 6.18 Å². The Labute approximate surface area is 196 Å². The first-order chi connectivity index (χ1) is 16.2. The molecule has 3 rings (SSSR count). The molecule has 1 saturated heterocycles. The van der Waals surface area contributed by atoms with Crippen molar-refractivity contribution in [3.8, 4) is 11.5 Å². The van der Waals surface area contributed by atoms with Crippen LogP contribution in [0.5, 0.6) is 11.5 Å². The molecule has 1 aliphatic heterocycles. The summed E-state index contributed by atoms with van der Waals surface area (Å²) in [5.74, 6) is 0.848. The lowest BCUT2D eigenvalue weighted by molar-refractivity contribution is -0.138. The molecule has 0 spiro atoms. The number of methoxy groups -OCH3 is 2. The molecular weight excluding hydrogens is 449 g/mol. The van der Waals surface area contributed by atoms with Gasteiger partial charge in [-0.1, -0.05) is 24.3 Å². The van der Waals surface area contributed by atoms with E-state index in [1.165, 1.54) is 12.1 Å². The summed E-state index contributed by atoms with van der Waals surface area (Å²) in [7, 11) is 3.10. The second-order valence-electron chi connectivity index (χ2n) is 8.45. The molecule has 2 amide bonds. The maximum Gasteiger partial charge on any atom is 0.416 e. The fourth-order valence-electron chi connectivity index (χ4n) is 4.36. The molecule has 34 heavy (non-hydrogen) atoms. The molecule has 0 radical (unpaired) electrons. The van der Waals surface area contributed by atoms with Crippen molar-refractivity contribution in [2.75, 3.05) is 20.8 Å². The zero-order valence-electron chi connectivity index (χ0n) is 19.3. The number of ether oxygens (including phenoxy) is 2. The average molecular weight is 479 g/mol. The molecule has 2 N–H and O–H groups in total. The number of nitrogens with one attached hydrogen (secondary N) is 2. The predicted octanol–water partition coefficient (Wildman–Crippen LogP) is 4.05. The van der Waals surface area contributed by atoms with E-state index in [1.807, 2.05) is 12.1 Å². The van der Waals surface area contributed by atoms with Gasteiger partial charge in [0.15, 0.2) is 11.5 Å². The highest BCUT2D eigenvalue weighted by Gasteiger charge is 2.38. The van der Waals surface area contributed by atoms with Crippen molar-refractivity contribution in [2.45, 2.75) is 50.2 Å². The fourth-order valence-corrected chi connectivity index (χ4v) is 4.36. The largest absolute Gasteiger partial charge is 0.493 e. The molecular formula is C25H29F3N2O4. The number of amides is 2. The monoisotopic (exact) mass is 478 g/mol. The van der Waals surface area contributed by atoms with Crippen LogP contribution in [-0.2, 0) is 28.6 Å². The third kappa shape index (κ3) is 6.42. The van der Waals surface area contributed by atoms with Gasteiger partial charge in [0.05, 0.1) is 19.8 Å². The van der Waals surface area contributed by atoms with E-state index >= 15 is 0 Å². The summed E-state index contributed by atoms with van der Waals surface area (Å²) >= 11 is 0. The topological polar surface area (TPSA) is 76.7 Å². The minimum absolute atomic E-state index is 0.0651. The number of hydrogen-bond acceptors (Lipinski definition) is 4. The van der Waals surface area contributed by atoms with Crippen LogP contribution in [-0.4, -0.2) is 38.1 Å². The van der Waals surface area contributed by atoms with Crippen molar-refractivity contribution in [2.24, 2.45) is 0 Å². The SMILES string of the molecule is COc1ccc(CC2(CCC(=O)NCCc3ccccc3C(F)(F)F)CCC(=O)N2)cc1OC. The summed E-state index contributed by atoms with van der Waals surface area (Å²) in [6, 6.07) is 10.9. The van der Waals surface area contributed by atoms with Crippen molar-refractivity contribution < 1.29 is 32.2 Å². The van der Waals surface area contributed by atoms with Gasteiger partial charge in [0.1, 0.15) is 0 Å². The Bertz CT molecular complexity index is 1030. The fraction of sp³-hybridized carbons (Fsp3) is 0.440. The number of benzene rings is 2. The van der Waals surface area contributed by atoms with Crippen LogP contribution in [0.4, 0.5) is 13.2 Å². The van der Waals surface area contributed by atoms with E-state index in [9.17, 15) is 22.8 Å². The third-order valence-corrected chi connectivity index (χ3v) is 6.10. The van der Waals surface area contributed by atoms with Crippen molar-refractivity contribution in [3.63, 3.8) is 0 Å². The maximum atomic E-state index is 13.1. The molecule has 2 aromatic rings. The molecule has 0 aliphatic carbocycles.